The first-order valence-electron chi connectivity index (χ1n) is 3.06. The lowest BCUT2D eigenvalue weighted by molar-refractivity contribution is -0.131. The molecule has 0 heterocycles. The maximum Gasteiger partial charge on any atom is 0.328 e. The quantitative estimate of drug-likeness (QED) is 0.445. The molecule has 0 saturated heterocycles. The van der Waals surface area contributed by atoms with Crippen LogP contribution in [0.1, 0.15) is 0 Å². The first kappa shape index (κ1) is 10.2. The standard InChI is InChI=1S/C8H9BrO2/c9-7-5-3-1-2-4-6-8(10)11/h1-6H,7H2,(H,10,11). The van der Waals surface area contributed by atoms with Gasteiger partial charge in [-0.15, -0.1) is 0 Å². The third-order valence-electron chi connectivity index (χ3n) is 0.797. The molecular formula is C8H9BrO2. The SMILES string of the molecule is O=C(O)C=CC=CC=CCBr. The van der Waals surface area contributed by atoms with Crippen LogP contribution in [0.2, 0.25) is 0 Å². The molecule has 0 amide bonds. The number of carbonyl (C=O) groups is 1. The third kappa shape index (κ3) is 9.17. The van der Waals surface area contributed by atoms with Crippen LogP contribution < -0.4 is 0 Å². The van der Waals surface area contributed by atoms with Crippen LogP contribution in [0, 0.1) is 0 Å². The fourth-order valence-corrected chi connectivity index (χ4v) is 0.612. The number of carboxylic acids is 1. The molecule has 0 aromatic heterocycles. The van der Waals surface area contributed by atoms with Gasteiger partial charge in [0.15, 0.2) is 0 Å². The molecule has 60 valence electrons. The van der Waals surface area contributed by atoms with E-state index in [4.69, 9.17) is 5.11 Å². The van der Waals surface area contributed by atoms with Gasteiger partial charge in [0.2, 0.25) is 0 Å². The molecule has 1 N–H and O–H groups in total. The average Bonchev–Trinajstić information content (AvgIpc) is 1.96. The molecule has 0 aromatic carbocycles. The van der Waals surface area contributed by atoms with Crippen molar-refractivity contribution < 1.29 is 9.90 Å². The number of alkyl halides is 1. The number of rotatable bonds is 4. The van der Waals surface area contributed by atoms with Crippen molar-refractivity contribution in [2.45, 2.75) is 0 Å². The molecule has 0 fully saturated rings. The predicted molar refractivity (Wildman–Crippen MR) is 48.8 cm³/mol. The molecule has 0 unspecified atom stereocenters. The summed E-state index contributed by atoms with van der Waals surface area (Å²) in [5.74, 6) is -0.931. The lowest BCUT2D eigenvalue weighted by Gasteiger charge is -1.74. The van der Waals surface area contributed by atoms with Crippen molar-refractivity contribution in [3.05, 3.63) is 36.5 Å². The lowest BCUT2D eigenvalue weighted by atomic mass is 10.4. The highest BCUT2D eigenvalue weighted by Crippen LogP contribution is 1.84. The molecular weight excluding hydrogens is 208 g/mol. The van der Waals surface area contributed by atoms with Crippen molar-refractivity contribution in [2.75, 3.05) is 5.33 Å². The monoisotopic (exact) mass is 216 g/mol. The number of hydrogen-bond donors (Lipinski definition) is 1. The Kier molecular flexibility index (Phi) is 6.73. The molecule has 0 spiro atoms. The first-order valence-corrected chi connectivity index (χ1v) is 4.18. The van der Waals surface area contributed by atoms with Crippen LogP contribution in [0.4, 0.5) is 0 Å². The second kappa shape index (κ2) is 7.28. The van der Waals surface area contributed by atoms with Gasteiger partial charge in [-0.2, -0.15) is 0 Å². The van der Waals surface area contributed by atoms with Crippen LogP contribution in [0.5, 0.6) is 0 Å². The van der Waals surface area contributed by atoms with Crippen molar-refractivity contribution in [3.63, 3.8) is 0 Å². The Hall–Kier alpha value is -0.830. The fourth-order valence-electron chi connectivity index (χ4n) is 0.396. The second-order valence-corrected chi connectivity index (χ2v) is 2.31. The molecule has 0 aliphatic heterocycles. The van der Waals surface area contributed by atoms with Crippen LogP contribution >= 0.6 is 15.9 Å². The zero-order valence-corrected chi connectivity index (χ0v) is 7.49. The molecule has 0 aromatic rings. The summed E-state index contributed by atoms with van der Waals surface area (Å²) in [6.07, 6.45) is 9.72. The summed E-state index contributed by atoms with van der Waals surface area (Å²) in [6.45, 7) is 0. The van der Waals surface area contributed by atoms with E-state index in [1.807, 2.05) is 12.2 Å². The van der Waals surface area contributed by atoms with E-state index >= 15 is 0 Å². The summed E-state index contributed by atoms with van der Waals surface area (Å²) in [5, 5.41) is 8.98. The summed E-state index contributed by atoms with van der Waals surface area (Å²) in [7, 11) is 0. The Morgan fingerprint density at radius 2 is 1.91 bits per heavy atom. The average molecular weight is 217 g/mol. The van der Waals surface area contributed by atoms with E-state index in [0.717, 1.165) is 11.4 Å². The van der Waals surface area contributed by atoms with Crippen LogP contribution in [-0.4, -0.2) is 16.4 Å². The van der Waals surface area contributed by atoms with Crippen LogP contribution in [-0.2, 0) is 4.79 Å². The minimum Gasteiger partial charge on any atom is -0.478 e. The number of aliphatic carboxylic acids is 1. The van der Waals surface area contributed by atoms with E-state index in [2.05, 4.69) is 15.9 Å². The van der Waals surface area contributed by atoms with Gasteiger partial charge >= 0.3 is 5.97 Å². The molecule has 0 radical (unpaired) electrons. The Labute approximate surface area is 74.0 Å². The van der Waals surface area contributed by atoms with Crippen molar-refractivity contribution in [1.82, 2.24) is 0 Å². The minimum absolute atomic E-state index is 0.806. The van der Waals surface area contributed by atoms with Gasteiger partial charge in [0, 0.05) is 11.4 Å². The van der Waals surface area contributed by atoms with Crippen LogP contribution in [0.15, 0.2) is 36.5 Å². The van der Waals surface area contributed by atoms with Gasteiger partial charge in [0.05, 0.1) is 0 Å². The Morgan fingerprint density at radius 1 is 1.27 bits per heavy atom. The van der Waals surface area contributed by atoms with E-state index in [1.165, 1.54) is 6.08 Å². The summed E-state index contributed by atoms with van der Waals surface area (Å²) in [4.78, 5) is 9.94. The first-order chi connectivity index (χ1) is 5.27. The van der Waals surface area contributed by atoms with E-state index in [-0.39, 0.29) is 0 Å². The Morgan fingerprint density at radius 3 is 2.45 bits per heavy atom. The van der Waals surface area contributed by atoms with Gasteiger partial charge in [0.25, 0.3) is 0 Å². The highest BCUT2D eigenvalue weighted by Gasteiger charge is 1.78. The lowest BCUT2D eigenvalue weighted by Crippen LogP contribution is -1.84. The molecule has 0 saturated carbocycles. The van der Waals surface area contributed by atoms with Crippen LogP contribution in [0.3, 0.4) is 0 Å². The molecule has 11 heavy (non-hydrogen) atoms. The second-order valence-electron chi connectivity index (χ2n) is 1.66. The van der Waals surface area contributed by atoms with Gasteiger partial charge in [0.1, 0.15) is 0 Å². The number of allylic oxidation sites excluding steroid dienone is 5. The molecule has 3 heteroatoms. The van der Waals surface area contributed by atoms with E-state index in [9.17, 15) is 4.79 Å². The van der Waals surface area contributed by atoms with E-state index in [0.29, 0.717) is 0 Å². The van der Waals surface area contributed by atoms with Crippen molar-refractivity contribution in [1.29, 1.82) is 0 Å². The fraction of sp³-hybridized carbons (Fsp3) is 0.125. The maximum atomic E-state index is 9.94. The molecule has 2 nitrogen and oxygen atoms in total. The molecule has 0 atom stereocenters. The highest BCUT2D eigenvalue weighted by molar-refractivity contribution is 9.09. The summed E-state index contributed by atoms with van der Waals surface area (Å²) < 4.78 is 0. The van der Waals surface area contributed by atoms with Gasteiger partial charge in [-0.05, 0) is 0 Å². The van der Waals surface area contributed by atoms with Gasteiger partial charge in [-0.3, -0.25) is 0 Å². The largest absolute Gasteiger partial charge is 0.478 e. The Balaban J connectivity index is 3.60. The van der Waals surface area contributed by atoms with Crippen molar-refractivity contribution in [3.8, 4) is 0 Å². The third-order valence-corrected chi connectivity index (χ3v) is 1.17. The van der Waals surface area contributed by atoms with Crippen molar-refractivity contribution >= 4 is 21.9 Å². The Bertz CT molecular complexity index is 192. The van der Waals surface area contributed by atoms with Gasteiger partial charge < -0.3 is 5.11 Å². The summed E-state index contributed by atoms with van der Waals surface area (Å²) in [6, 6.07) is 0. The number of carboxylic acid groups (broad SMARTS) is 1. The molecule has 0 aliphatic rings. The molecule has 0 aliphatic carbocycles. The van der Waals surface area contributed by atoms with E-state index in [1.54, 1.807) is 12.2 Å². The van der Waals surface area contributed by atoms with Gasteiger partial charge in [-0.1, -0.05) is 46.3 Å². The molecule has 0 rings (SSSR count). The predicted octanol–water partition coefficient (Wildman–Crippen LogP) is 2.13. The minimum atomic E-state index is -0.931. The zero-order valence-electron chi connectivity index (χ0n) is 5.90. The summed E-state index contributed by atoms with van der Waals surface area (Å²) >= 11 is 3.21. The van der Waals surface area contributed by atoms with Crippen LogP contribution in [0.25, 0.3) is 0 Å². The highest BCUT2D eigenvalue weighted by atomic mass is 79.9. The number of hydrogen-bond acceptors (Lipinski definition) is 1. The molecule has 0 bridgehead atoms. The van der Waals surface area contributed by atoms with Crippen molar-refractivity contribution in [2.24, 2.45) is 0 Å². The topological polar surface area (TPSA) is 37.3 Å². The smallest absolute Gasteiger partial charge is 0.328 e. The maximum absolute atomic E-state index is 9.94. The summed E-state index contributed by atoms with van der Waals surface area (Å²) in [5.41, 5.74) is 0. The zero-order chi connectivity index (χ0) is 8.53. The number of halogens is 1. The van der Waals surface area contributed by atoms with E-state index < -0.39 is 5.97 Å². The van der Waals surface area contributed by atoms with Gasteiger partial charge in [-0.25, -0.2) is 4.79 Å². The normalized spacial score (nSPS) is 12.1.